The first kappa shape index (κ1) is 22.2. The highest BCUT2D eigenvalue weighted by atomic mass is 16.6. The van der Waals surface area contributed by atoms with Gasteiger partial charge >= 0.3 is 6.09 Å². The number of rotatable bonds is 6. The van der Waals surface area contributed by atoms with Crippen LogP contribution in [0.3, 0.4) is 0 Å². The number of amides is 2. The second-order valence-electron chi connectivity index (χ2n) is 8.22. The van der Waals surface area contributed by atoms with Gasteiger partial charge in [0.2, 0.25) is 5.91 Å². The summed E-state index contributed by atoms with van der Waals surface area (Å²) < 4.78 is 5.32. The van der Waals surface area contributed by atoms with Gasteiger partial charge in [-0.2, -0.15) is 0 Å². The van der Waals surface area contributed by atoms with E-state index in [2.05, 4.69) is 42.3 Å². The van der Waals surface area contributed by atoms with Crippen molar-refractivity contribution in [2.24, 2.45) is 5.92 Å². The van der Waals surface area contributed by atoms with Gasteiger partial charge in [0.15, 0.2) is 0 Å². The Morgan fingerprint density at radius 1 is 1.07 bits per heavy atom. The van der Waals surface area contributed by atoms with Crippen LogP contribution >= 0.6 is 0 Å². The lowest BCUT2D eigenvalue weighted by molar-refractivity contribution is -0.122. The van der Waals surface area contributed by atoms with E-state index in [1.807, 2.05) is 20.8 Å². The molecule has 1 N–H and O–H groups in total. The maximum absolute atomic E-state index is 12.5. The molecule has 0 aliphatic carbocycles. The molecule has 2 amide bonds. The summed E-state index contributed by atoms with van der Waals surface area (Å²) in [6.45, 7) is 13.8. The van der Waals surface area contributed by atoms with Gasteiger partial charge in [0, 0.05) is 26.2 Å². The quantitative estimate of drug-likeness (QED) is 0.811. The molecule has 28 heavy (non-hydrogen) atoms. The van der Waals surface area contributed by atoms with Crippen molar-refractivity contribution in [3.05, 3.63) is 34.9 Å². The number of carbonyl (C=O) groups excluding carboxylic acids is 2. The van der Waals surface area contributed by atoms with Crippen LogP contribution in [0, 0.1) is 19.8 Å². The van der Waals surface area contributed by atoms with Crippen LogP contribution in [0.15, 0.2) is 18.2 Å². The molecule has 1 heterocycles. The maximum atomic E-state index is 12.5. The Hall–Kier alpha value is -2.08. The maximum Gasteiger partial charge on any atom is 0.409 e. The van der Waals surface area contributed by atoms with Gasteiger partial charge in [-0.05, 0) is 49.8 Å². The average Bonchev–Trinajstić information content (AvgIpc) is 2.87. The van der Waals surface area contributed by atoms with E-state index in [-0.39, 0.29) is 18.0 Å². The normalized spacial score (nSPS) is 16.6. The van der Waals surface area contributed by atoms with Crippen LogP contribution in [0.4, 0.5) is 4.79 Å². The van der Waals surface area contributed by atoms with Crippen molar-refractivity contribution in [2.75, 3.05) is 39.3 Å². The van der Waals surface area contributed by atoms with E-state index in [0.29, 0.717) is 38.7 Å². The van der Waals surface area contributed by atoms with Crippen LogP contribution in [0.5, 0.6) is 0 Å². The first-order valence-electron chi connectivity index (χ1n) is 10.3. The number of hydrogen-bond donors (Lipinski definition) is 1. The Labute approximate surface area is 169 Å². The van der Waals surface area contributed by atoms with Crippen molar-refractivity contribution < 1.29 is 14.3 Å². The molecule has 6 heteroatoms. The number of benzene rings is 1. The lowest BCUT2D eigenvalue weighted by atomic mass is 10.0. The molecule has 0 aromatic heterocycles. The molecular formula is C22H35N3O3. The van der Waals surface area contributed by atoms with Gasteiger partial charge < -0.3 is 15.0 Å². The monoisotopic (exact) mass is 389 g/mol. The van der Waals surface area contributed by atoms with Gasteiger partial charge in [-0.25, -0.2) is 4.79 Å². The minimum absolute atomic E-state index is 0.0153. The Bertz CT molecular complexity index is 675. The van der Waals surface area contributed by atoms with Crippen LogP contribution < -0.4 is 5.32 Å². The van der Waals surface area contributed by atoms with Crippen molar-refractivity contribution in [2.45, 2.75) is 47.1 Å². The van der Waals surface area contributed by atoms with Gasteiger partial charge in [-0.15, -0.1) is 0 Å². The van der Waals surface area contributed by atoms with E-state index in [0.717, 1.165) is 18.5 Å². The molecule has 1 fully saturated rings. The van der Waals surface area contributed by atoms with Crippen molar-refractivity contribution in [1.82, 2.24) is 15.1 Å². The lowest BCUT2D eigenvalue weighted by Gasteiger charge is -2.22. The molecule has 1 aromatic carbocycles. The third kappa shape index (κ3) is 6.82. The highest BCUT2D eigenvalue weighted by Gasteiger charge is 2.22. The summed E-state index contributed by atoms with van der Waals surface area (Å²) in [4.78, 5) is 28.5. The summed E-state index contributed by atoms with van der Waals surface area (Å²) in [6.07, 6.45) is 0.597. The Balaban J connectivity index is 1.80. The number of nitrogens with one attached hydrogen (secondary N) is 1. The number of aryl methyl sites for hydroxylation is 2. The van der Waals surface area contributed by atoms with Crippen molar-refractivity contribution in [3.8, 4) is 0 Å². The molecule has 1 saturated heterocycles. The molecule has 1 aliphatic heterocycles. The van der Waals surface area contributed by atoms with Crippen molar-refractivity contribution in [3.63, 3.8) is 0 Å². The van der Waals surface area contributed by atoms with Crippen molar-refractivity contribution in [1.29, 1.82) is 0 Å². The Kier molecular flexibility index (Phi) is 8.30. The molecule has 1 atom stereocenters. The van der Waals surface area contributed by atoms with E-state index in [4.69, 9.17) is 4.74 Å². The first-order valence-corrected chi connectivity index (χ1v) is 10.3. The Morgan fingerprint density at radius 2 is 1.82 bits per heavy atom. The van der Waals surface area contributed by atoms with Gasteiger partial charge in [0.1, 0.15) is 0 Å². The third-order valence-electron chi connectivity index (χ3n) is 5.16. The summed E-state index contributed by atoms with van der Waals surface area (Å²) in [5, 5.41) is 3.09. The molecule has 156 valence electrons. The molecule has 1 unspecified atom stereocenters. The van der Waals surface area contributed by atoms with Gasteiger partial charge in [0.05, 0.1) is 19.2 Å². The van der Waals surface area contributed by atoms with Crippen LogP contribution in [-0.2, 0) is 9.53 Å². The molecular weight excluding hydrogens is 354 g/mol. The summed E-state index contributed by atoms with van der Waals surface area (Å²) in [6, 6.07) is 6.27. The topological polar surface area (TPSA) is 61.9 Å². The molecule has 6 nitrogen and oxygen atoms in total. The van der Waals surface area contributed by atoms with E-state index in [1.165, 1.54) is 11.1 Å². The van der Waals surface area contributed by atoms with Crippen molar-refractivity contribution >= 4 is 12.0 Å². The molecule has 1 aromatic rings. The minimum atomic E-state index is -0.247. The molecule has 0 spiro atoms. The fourth-order valence-corrected chi connectivity index (χ4v) is 3.25. The zero-order valence-electron chi connectivity index (χ0n) is 18.0. The van der Waals surface area contributed by atoms with E-state index >= 15 is 0 Å². The summed E-state index contributed by atoms with van der Waals surface area (Å²) in [5.74, 6) is 0.344. The fourth-order valence-electron chi connectivity index (χ4n) is 3.25. The lowest BCUT2D eigenvalue weighted by Crippen LogP contribution is -2.40. The Morgan fingerprint density at radius 3 is 2.50 bits per heavy atom. The second kappa shape index (κ2) is 10.5. The molecule has 0 radical (unpaired) electrons. The highest BCUT2D eigenvalue weighted by molar-refractivity contribution is 5.78. The third-order valence-corrected chi connectivity index (χ3v) is 5.16. The van der Waals surface area contributed by atoms with E-state index < -0.39 is 0 Å². The van der Waals surface area contributed by atoms with Crippen LogP contribution in [0.2, 0.25) is 0 Å². The zero-order valence-corrected chi connectivity index (χ0v) is 18.0. The first-order chi connectivity index (χ1) is 13.3. The summed E-state index contributed by atoms with van der Waals surface area (Å²) in [5.41, 5.74) is 3.60. The van der Waals surface area contributed by atoms with Crippen LogP contribution in [0.1, 0.15) is 49.9 Å². The second-order valence-corrected chi connectivity index (χ2v) is 8.22. The SMILES string of the molecule is Cc1ccc(C(C)NC(=O)CN2CCCN(C(=O)OCC(C)C)CC2)cc1C. The zero-order chi connectivity index (χ0) is 20.7. The van der Waals surface area contributed by atoms with Gasteiger partial charge in [-0.1, -0.05) is 32.0 Å². The summed E-state index contributed by atoms with van der Waals surface area (Å²) >= 11 is 0. The number of nitrogens with zero attached hydrogens (tertiary/aromatic N) is 2. The predicted octanol–water partition coefficient (Wildman–Crippen LogP) is 3.28. The minimum Gasteiger partial charge on any atom is -0.449 e. The molecule has 0 bridgehead atoms. The van der Waals surface area contributed by atoms with E-state index in [9.17, 15) is 9.59 Å². The van der Waals surface area contributed by atoms with Gasteiger partial charge in [-0.3, -0.25) is 9.69 Å². The standard InChI is InChI=1S/C22H35N3O3/c1-16(2)15-28-22(27)25-10-6-9-24(11-12-25)14-21(26)23-19(5)20-8-7-17(3)18(4)13-20/h7-8,13,16,19H,6,9-12,14-15H2,1-5H3,(H,23,26). The van der Waals surface area contributed by atoms with E-state index in [1.54, 1.807) is 4.90 Å². The molecule has 0 saturated carbocycles. The molecule has 2 rings (SSSR count). The van der Waals surface area contributed by atoms with Crippen LogP contribution in [-0.4, -0.2) is 61.1 Å². The molecule has 1 aliphatic rings. The number of ether oxygens (including phenoxy) is 1. The van der Waals surface area contributed by atoms with Crippen LogP contribution in [0.25, 0.3) is 0 Å². The van der Waals surface area contributed by atoms with Gasteiger partial charge in [0.25, 0.3) is 0 Å². The summed E-state index contributed by atoms with van der Waals surface area (Å²) in [7, 11) is 0. The number of hydrogen-bond acceptors (Lipinski definition) is 4. The average molecular weight is 390 g/mol. The largest absolute Gasteiger partial charge is 0.449 e. The smallest absolute Gasteiger partial charge is 0.409 e. The predicted molar refractivity (Wildman–Crippen MR) is 111 cm³/mol. The highest BCUT2D eigenvalue weighted by Crippen LogP contribution is 2.16. The number of carbonyl (C=O) groups is 2. The fraction of sp³-hybridized carbons (Fsp3) is 0.636.